The van der Waals surface area contributed by atoms with E-state index in [4.69, 9.17) is 14.2 Å². The van der Waals surface area contributed by atoms with E-state index in [0.717, 1.165) is 0 Å². The largest absolute Gasteiger partial charge is 0.493 e. The van der Waals surface area contributed by atoms with Crippen LogP contribution in [-0.2, 0) is 9.59 Å². The van der Waals surface area contributed by atoms with Crippen LogP contribution in [0.15, 0.2) is 22.3 Å². The van der Waals surface area contributed by atoms with Crippen LogP contribution >= 0.6 is 0 Å². The van der Waals surface area contributed by atoms with Crippen LogP contribution in [0.3, 0.4) is 0 Å². The van der Waals surface area contributed by atoms with Gasteiger partial charge in [-0.1, -0.05) is 0 Å². The predicted octanol–water partition coefficient (Wildman–Crippen LogP) is 1.06. The number of hydrogen-bond acceptors (Lipinski definition) is 7. The van der Waals surface area contributed by atoms with Crippen LogP contribution in [0, 0.1) is 5.92 Å². The highest BCUT2D eigenvalue weighted by Gasteiger charge is 2.27. The second-order valence-corrected chi connectivity index (χ2v) is 5.54. The van der Waals surface area contributed by atoms with Crippen molar-refractivity contribution in [3.63, 3.8) is 0 Å². The van der Waals surface area contributed by atoms with Crippen LogP contribution in [0.2, 0.25) is 0 Å². The van der Waals surface area contributed by atoms with Crippen LogP contribution in [0.4, 0.5) is 0 Å². The summed E-state index contributed by atoms with van der Waals surface area (Å²) in [5, 5.41) is 7.78. The van der Waals surface area contributed by atoms with Gasteiger partial charge in [-0.2, -0.15) is 10.2 Å². The molecule has 26 heavy (non-hydrogen) atoms. The van der Waals surface area contributed by atoms with Crippen molar-refractivity contribution in [3.8, 4) is 17.2 Å². The van der Waals surface area contributed by atoms with Gasteiger partial charge in [-0.05, 0) is 25.5 Å². The average Bonchev–Trinajstić information content (AvgIpc) is 2.97. The molecule has 140 valence electrons. The molecule has 1 aromatic rings. The molecule has 1 heterocycles. The van der Waals surface area contributed by atoms with Crippen LogP contribution < -0.4 is 25.1 Å². The molecule has 0 unspecified atom stereocenters. The van der Waals surface area contributed by atoms with Crippen molar-refractivity contribution in [1.82, 2.24) is 10.9 Å². The molecule has 2 rings (SSSR count). The Kier molecular flexibility index (Phi) is 6.54. The standard InChI is InChI=1S/C17H22N4O5/c1-10-12(17(23)21-19-10)6-8-14(22)20-18-9-11-5-7-13(24-2)16(26-4)15(11)25-3/h5,7,9,12H,6,8H2,1-4H3,(H,20,22)(H,21,23)/b18-9+/t12-/m1/s1. The lowest BCUT2D eigenvalue weighted by atomic mass is 9.99. The van der Waals surface area contributed by atoms with Gasteiger partial charge in [-0.3, -0.25) is 9.59 Å². The average molecular weight is 362 g/mol. The Bertz CT molecular complexity index is 745. The fourth-order valence-electron chi connectivity index (χ4n) is 2.56. The number of hydrogen-bond donors (Lipinski definition) is 2. The van der Waals surface area contributed by atoms with Crippen LogP contribution in [0.5, 0.6) is 17.2 Å². The van der Waals surface area contributed by atoms with Crippen molar-refractivity contribution in [1.29, 1.82) is 0 Å². The van der Waals surface area contributed by atoms with Crippen molar-refractivity contribution < 1.29 is 23.8 Å². The van der Waals surface area contributed by atoms with Gasteiger partial charge in [0.05, 0.1) is 33.5 Å². The van der Waals surface area contributed by atoms with Gasteiger partial charge in [0.25, 0.3) is 0 Å². The normalized spacial score (nSPS) is 16.2. The Morgan fingerprint density at radius 2 is 2.00 bits per heavy atom. The third-order valence-electron chi connectivity index (χ3n) is 3.95. The van der Waals surface area contributed by atoms with E-state index in [1.165, 1.54) is 27.5 Å². The smallest absolute Gasteiger partial charge is 0.248 e. The lowest BCUT2D eigenvalue weighted by Crippen LogP contribution is -2.25. The van der Waals surface area contributed by atoms with E-state index in [0.29, 0.717) is 34.9 Å². The maximum atomic E-state index is 11.9. The Balaban J connectivity index is 1.96. The highest BCUT2D eigenvalue weighted by molar-refractivity contribution is 6.07. The third-order valence-corrected chi connectivity index (χ3v) is 3.95. The van der Waals surface area contributed by atoms with Gasteiger partial charge >= 0.3 is 0 Å². The molecular formula is C17H22N4O5. The zero-order valence-corrected chi connectivity index (χ0v) is 15.2. The molecule has 0 spiro atoms. The quantitative estimate of drug-likeness (QED) is 0.531. The maximum Gasteiger partial charge on any atom is 0.248 e. The Morgan fingerprint density at radius 1 is 1.27 bits per heavy atom. The van der Waals surface area contributed by atoms with Gasteiger partial charge in [0.1, 0.15) is 0 Å². The molecule has 0 bridgehead atoms. The van der Waals surface area contributed by atoms with E-state index in [1.54, 1.807) is 19.1 Å². The molecular weight excluding hydrogens is 340 g/mol. The lowest BCUT2D eigenvalue weighted by Gasteiger charge is -2.13. The number of nitrogens with one attached hydrogen (secondary N) is 2. The summed E-state index contributed by atoms with van der Waals surface area (Å²) in [6.45, 7) is 1.75. The Labute approximate surface area is 151 Å². The Morgan fingerprint density at radius 3 is 2.58 bits per heavy atom. The first-order chi connectivity index (χ1) is 12.5. The summed E-state index contributed by atoms with van der Waals surface area (Å²) in [7, 11) is 4.54. The SMILES string of the molecule is COc1ccc(/C=N/NC(=O)CC[C@H]2C(=O)NN=C2C)c(OC)c1OC. The van der Waals surface area contributed by atoms with Crippen molar-refractivity contribution in [2.24, 2.45) is 16.1 Å². The van der Waals surface area contributed by atoms with Gasteiger partial charge < -0.3 is 14.2 Å². The first kappa shape index (κ1) is 19.2. The van der Waals surface area contributed by atoms with E-state index in [-0.39, 0.29) is 24.2 Å². The number of nitrogens with zero attached hydrogens (tertiary/aromatic N) is 2. The van der Waals surface area contributed by atoms with Gasteiger partial charge in [0.2, 0.25) is 17.6 Å². The zero-order chi connectivity index (χ0) is 19.1. The molecule has 0 aliphatic carbocycles. The summed E-state index contributed by atoms with van der Waals surface area (Å²) >= 11 is 0. The molecule has 1 aromatic carbocycles. The number of methoxy groups -OCH3 is 3. The highest BCUT2D eigenvalue weighted by atomic mass is 16.5. The number of benzene rings is 1. The lowest BCUT2D eigenvalue weighted by molar-refractivity contribution is -0.123. The summed E-state index contributed by atoms with van der Waals surface area (Å²) in [5.74, 6) is 0.557. The van der Waals surface area contributed by atoms with Crippen molar-refractivity contribution in [3.05, 3.63) is 17.7 Å². The number of rotatable bonds is 8. The zero-order valence-electron chi connectivity index (χ0n) is 15.2. The van der Waals surface area contributed by atoms with E-state index >= 15 is 0 Å². The number of carbonyl (C=O) groups excluding carboxylic acids is 2. The number of hydrazone groups is 2. The summed E-state index contributed by atoms with van der Waals surface area (Å²) < 4.78 is 15.8. The van der Waals surface area contributed by atoms with E-state index < -0.39 is 0 Å². The molecule has 1 aliphatic rings. The van der Waals surface area contributed by atoms with Crippen molar-refractivity contribution >= 4 is 23.7 Å². The van der Waals surface area contributed by atoms with Crippen LogP contribution in [0.25, 0.3) is 0 Å². The van der Waals surface area contributed by atoms with Gasteiger partial charge in [0, 0.05) is 17.7 Å². The number of carbonyl (C=O) groups is 2. The van der Waals surface area contributed by atoms with Gasteiger partial charge in [-0.15, -0.1) is 0 Å². The van der Waals surface area contributed by atoms with E-state index in [1.807, 2.05) is 0 Å². The summed E-state index contributed by atoms with van der Waals surface area (Å²) in [4.78, 5) is 23.5. The molecule has 9 nitrogen and oxygen atoms in total. The predicted molar refractivity (Wildman–Crippen MR) is 95.8 cm³/mol. The summed E-state index contributed by atoms with van der Waals surface area (Å²) in [6, 6.07) is 3.45. The molecule has 0 saturated carbocycles. The molecule has 0 aromatic heterocycles. The van der Waals surface area contributed by atoms with E-state index in [2.05, 4.69) is 21.1 Å². The minimum Gasteiger partial charge on any atom is -0.493 e. The van der Waals surface area contributed by atoms with Crippen molar-refractivity contribution in [2.75, 3.05) is 21.3 Å². The first-order valence-electron chi connectivity index (χ1n) is 7.96. The van der Waals surface area contributed by atoms with E-state index in [9.17, 15) is 9.59 Å². The molecule has 2 amide bonds. The minimum atomic E-state index is -0.365. The van der Waals surface area contributed by atoms with Gasteiger partial charge in [-0.25, -0.2) is 10.9 Å². The second kappa shape index (κ2) is 8.84. The van der Waals surface area contributed by atoms with Crippen molar-refractivity contribution in [2.45, 2.75) is 19.8 Å². The molecule has 0 saturated heterocycles. The maximum absolute atomic E-state index is 11.9. The fourth-order valence-corrected chi connectivity index (χ4v) is 2.56. The monoisotopic (exact) mass is 362 g/mol. The second-order valence-electron chi connectivity index (χ2n) is 5.54. The molecule has 1 atom stereocenters. The van der Waals surface area contributed by atoms with Crippen LogP contribution in [0.1, 0.15) is 25.3 Å². The molecule has 0 fully saturated rings. The number of ether oxygens (including phenoxy) is 3. The molecule has 2 N–H and O–H groups in total. The van der Waals surface area contributed by atoms with Crippen LogP contribution in [-0.4, -0.2) is 45.1 Å². The molecule has 1 aliphatic heterocycles. The van der Waals surface area contributed by atoms with Gasteiger partial charge in [0.15, 0.2) is 11.5 Å². The number of amides is 2. The molecule has 9 heteroatoms. The topological polar surface area (TPSA) is 111 Å². The third kappa shape index (κ3) is 4.29. The minimum absolute atomic E-state index is 0.158. The fraction of sp³-hybridized carbons (Fsp3) is 0.412. The summed E-state index contributed by atoms with van der Waals surface area (Å²) in [5.41, 5.74) is 6.12. The highest BCUT2D eigenvalue weighted by Crippen LogP contribution is 2.38. The summed E-state index contributed by atoms with van der Waals surface area (Å²) in [6.07, 6.45) is 1.99. The first-order valence-corrected chi connectivity index (χ1v) is 7.96. The molecule has 0 radical (unpaired) electrons. The Hall–Kier alpha value is -3.10.